The molecule has 0 fully saturated rings. The van der Waals surface area contributed by atoms with Gasteiger partial charge in [0, 0.05) is 6.54 Å². The van der Waals surface area contributed by atoms with E-state index >= 15 is 0 Å². The fourth-order valence-corrected chi connectivity index (χ4v) is 5.09. The van der Waals surface area contributed by atoms with Gasteiger partial charge in [-0.1, -0.05) is 12.1 Å². The molecule has 2 heterocycles. The van der Waals surface area contributed by atoms with Crippen molar-refractivity contribution in [2.75, 3.05) is 16.2 Å². The van der Waals surface area contributed by atoms with Crippen LogP contribution >= 0.6 is 0 Å². The van der Waals surface area contributed by atoms with E-state index in [4.69, 9.17) is 0 Å². The number of rotatable bonds is 3. The van der Waals surface area contributed by atoms with E-state index in [9.17, 15) is 13.2 Å². The standard InChI is InChI=1S/C20H22N2O3S/c1-12-6-4-8-18(13(12)2)21-26(24,25)16-10-15-7-5-9-22-19(15)17(11-16)14(3)20(22)23/h4,6,8,10-11,14,21H,5,7,9H2,1-3H3/t14-/m1/s1. The Labute approximate surface area is 154 Å². The molecule has 2 aromatic carbocycles. The molecule has 6 heteroatoms. The molecule has 0 unspecified atom stereocenters. The molecule has 4 rings (SSSR count). The van der Waals surface area contributed by atoms with Crippen LogP contribution in [0.4, 0.5) is 11.4 Å². The van der Waals surface area contributed by atoms with Crippen LogP contribution in [-0.2, 0) is 21.2 Å². The Morgan fingerprint density at radius 3 is 2.73 bits per heavy atom. The zero-order chi connectivity index (χ0) is 18.6. The summed E-state index contributed by atoms with van der Waals surface area (Å²) in [5.41, 5.74) is 5.24. The van der Waals surface area contributed by atoms with Crippen molar-refractivity contribution in [3.63, 3.8) is 0 Å². The van der Waals surface area contributed by atoms with Crippen LogP contribution in [-0.4, -0.2) is 20.9 Å². The molecular formula is C20H22N2O3S. The number of benzene rings is 2. The zero-order valence-electron chi connectivity index (χ0n) is 15.2. The highest BCUT2D eigenvalue weighted by Crippen LogP contribution is 2.44. The van der Waals surface area contributed by atoms with Crippen molar-refractivity contribution in [2.24, 2.45) is 0 Å². The minimum Gasteiger partial charge on any atom is -0.311 e. The van der Waals surface area contributed by atoms with Crippen LogP contribution in [0.5, 0.6) is 0 Å². The van der Waals surface area contributed by atoms with E-state index in [2.05, 4.69) is 4.72 Å². The van der Waals surface area contributed by atoms with Crippen molar-refractivity contribution in [2.45, 2.75) is 44.4 Å². The SMILES string of the molecule is Cc1cccc(NS(=O)(=O)c2cc3c4c(c2)[C@@H](C)C(=O)N4CCC3)c1C. The second kappa shape index (κ2) is 5.84. The molecule has 2 aliphatic heterocycles. The second-order valence-corrected chi connectivity index (χ2v) is 8.87. The molecule has 0 saturated heterocycles. The van der Waals surface area contributed by atoms with Gasteiger partial charge in [-0.25, -0.2) is 8.42 Å². The first-order chi connectivity index (χ1) is 12.3. The average molecular weight is 370 g/mol. The van der Waals surface area contributed by atoms with Crippen molar-refractivity contribution in [1.29, 1.82) is 0 Å². The number of sulfonamides is 1. The number of nitrogens with zero attached hydrogens (tertiary/aromatic N) is 1. The van der Waals surface area contributed by atoms with Crippen LogP contribution in [0.2, 0.25) is 0 Å². The number of amides is 1. The smallest absolute Gasteiger partial charge is 0.261 e. The molecular weight excluding hydrogens is 348 g/mol. The van der Waals surface area contributed by atoms with Gasteiger partial charge in [-0.3, -0.25) is 9.52 Å². The Kier molecular flexibility index (Phi) is 3.84. The molecule has 0 bridgehead atoms. The number of carbonyl (C=O) groups is 1. The van der Waals surface area contributed by atoms with Gasteiger partial charge in [0.1, 0.15) is 0 Å². The van der Waals surface area contributed by atoms with Gasteiger partial charge in [0.2, 0.25) is 5.91 Å². The van der Waals surface area contributed by atoms with E-state index in [-0.39, 0.29) is 16.7 Å². The third-order valence-electron chi connectivity index (χ3n) is 5.55. The molecule has 0 saturated carbocycles. The van der Waals surface area contributed by atoms with Crippen molar-refractivity contribution in [3.8, 4) is 0 Å². The molecule has 0 aromatic heterocycles. The Morgan fingerprint density at radius 2 is 1.96 bits per heavy atom. The van der Waals surface area contributed by atoms with Gasteiger partial charge in [0.15, 0.2) is 0 Å². The molecule has 0 aliphatic carbocycles. The van der Waals surface area contributed by atoms with Crippen molar-refractivity contribution < 1.29 is 13.2 Å². The van der Waals surface area contributed by atoms with E-state index in [1.165, 1.54) is 0 Å². The molecule has 5 nitrogen and oxygen atoms in total. The molecule has 0 spiro atoms. The molecule has 1 atom stereocenters. The Bertz CT molecular complexity index is 1030. The van der Waals surface area contributed by atoms with E-state index in [1.807, 2.05) is 37.8 Å². The third-order valence-corrected chi connectivity index (χ3v) is 6.90. The lowest BCUT2D eigenvalue weighted by atomic mass is 9.97. The lowest BCUT2D eigenvalue weighted by Gasteiger charge is -2.26. The molecule has 2 aromatic rings. The van der Waals surface area contributed by atoms with Gasteiger partial charge >= 0.3 is 0 Å². The summed E-state index contributed by atoms with van der Waals surface area (Å²) in [6.45, 7) is 6.42. The summed E-state index contributed by atoms with van der Waals surface area (Å²) >= 11 is 0. The highest BCUT2D eigenvalue weighted by atomic mass is 32.2. The number of hydrogen-bond acceptors (Lipinski definition) is 3. The van der Waals surface area contributed by atoms with Crippen LogP contribution in [0, 0.1) is 13.8 Å². The third kappa shape index (κ3) is 2.51. The van der Waals surface area contributed by atoms with E-state index in [0.717, 1.165) is 47.3 Å². The van der Waals surface area contributed by atoms with Crippen molar-refractivity contribution in [3.05, 3.63) is 52.6 Å². The lowest BCUT2D eigenvalue weighted by Crippen LogP contribution is -2.32. The van der Waals surface area contributed by atoms with E-state index in [1.54, 1.807) is 18.2 Å². The summed E-state index contributed by atoms with van der Waals surface area (Å²) in [6, 6.07) is 8.95. The Morgan fingerprint density at radius 1 is 1.19 bits per heavy atom. The molecule has 0 radical (unpaired) electrons. The maximum atomic E-state index is 13.0. The predicted octanol–water partition coefficient (Wildman–Crippen LogP) is 3.50. The van der Waals surface area contributed by atoms with Crippen molar-refractivity contribution >= 4 is 27.3 Å². The highest BCUT2D eigenvalue weighted by molar-refractivity contribution is 7.92. The van der Waals surface area contributed by atoms with Gasteiger partial charge in [0.05, 0.1) is 22.2 Å². The fourth-order valence-electron chi connectivity index (χ4n) is 3.89. The number of carbonyl (C=O) groups excluding carboxylic acids is 1. The van der Waals surface area contributed by atoms with Crippen LogP contribution < -0.4 is 9.62 Å². The summed E-state index contributed by atoms with van der Waals surface area (Å²) in [6.07, 6.45) is 1.66. The zero-order valence-corrected chi connectivity index (χ0v) is 16.0. The van der Waals surface area contributed by atoms with Crippen LogP contribution in [0.1, 0.15) is 41.5 Å². The maximum Gasteiger partial charge on any atom is 0.261 e. The fraction of sp³-hybridized carbons (Fsp3) is 0.350. The van der Waals surface area contributed by atoms with Crippen molar-refractivity contribution in [1.82, 2.24) is 0 Å². The first-order valence-electron chi connectivity index (χ1n) is 8.87. The monoisotopic (exact) mass is 370 g/mol. The minimum absolute atomic E-state index is 0.0676. The van der Waals surface area contributed by atoms with Crippen LogP contribution in [0.3, 0.4) is 0 Å². The lowest BCUT2D eigenvalue weighted by molar-refractivity contribution is -0.119. The van der Waals surface area contributed by atoms with E-state index in [0.29, 0.717) is 5.69 Å². The predicted molar refractivity (Wildman–Crippen MR) is 102 cm³/mol. The van der Waals surface area contributed by atoms with Crippen LogP contribution in [0.25, 0.3) is 0 Å². The van der Waals surface area contributed by atoms with Gasteiger partial charge in [-0.15, -0.1) is 0 Å². The largest absolute Gasteiger partial charge is 0.311 e. The van der Waals surface area contributed by atoms with Gasteiger partial charge in [-0.2, -0.15) is 0 Å². The van der Waals surface area contributed by atoms with Gasteiger partial charge in [0.25, 0.3) is 10.0 Å². The highest BCUT2D eigenvalue weighted by Gasteiger charge is 2.38. The molecule has 1 N–H and O–H groups in total. The summed E-state index contributed by atoms with van der Waals surface area (Å²) < 4.78 is 28.7. The number of nitrogens with one attached hydrogen (secondary N) is 1. The summed E-state index contributed by atoms with van der Waals surface area (Å²) in [5, 5.41) is 0. The number of hydrogen-bond donors (Lipinski definition) is 1. The average Bonchev–Trinajstić information content (AvgIpc) is 2.86. The van der Waals surface area contributed by atoms with Gasteiger partial charge < -0.3 is 4.90 Å². The topological polar surface area (TPSA) is 66.5 Å². The van der Waals surface area contributed by atoms with Gasteiger partial charge in [-0.05, 0) is 74.1 Å². The number of aryl methyl sites for hydroxylation is 2. The molecule has 1 amide bonds. The minimum atomic E-state index is -3.72. The number of anilines is 2. The summed E-state index contributed by atoms with van der Waals surface area (Å²) in [5.74, 6) is -0.226. The Hall–Kier alpha value is -2.34. The molecule has 2 aliphatic rings. The first kappa shape index (κ1) is 17.1. The quantitative estimate of drug-likeness (QED) is 0.899. The van der Waals surface area contributed by atoms with Crippen LogP contribution in [0.15, 0.2) is 35.2 Å². The summed E-state index contributed by atoms with van der Waals surface area (Å²) in [4.78, 5) is 14.5. The Balaban J connectivity index is 1.79. The van der Waals surface area contributed by atoms with E-state index < -0.39 is 10.0 Å². The first-order valence-corrected chi connectivity index (χ1v) is 10.3. The normalized spacial score (nSPS) is 18.8. The molecule has 136 valence electrons. The second-order valence-electron chi connectivity index (χ2n) is 7.19. The molecule has 26 heavy (non-hydrogen) atoms. The maximum absolute atomic E-state index is 13.0. The summed E-state index contributed by atoms with van der Waals surface area (Å²) in [7, 11) is -3.72.